The first-order valence-electron chi connectivity index (χ1n) is 8.80. The first-order valence-corrected chi connectivity index (χ1v) is 8.80. The van der Waals surface area contributed by atoms with E-state index in [9.17, 15) is 9.18 Å². The largest absolute Gasteiger partial charge is 0.462 e. The van der Waals surface area contributed by atoms with E-state index in [0.717, 1.165) is 39.1 Å². The van der Waals surface area contributed by atoms with Gasteiger partial charge in [0.05, 0.1) is 17.8 Å². The van der Waals surface area contributed by atoms with E-state index in [1.165, 1.54) is 18.3 Å². The molecule has 0 spiro atoms. The molecule has 2 heterocycles. The lowest BCUT2D eigenvalue weighted by atomic mass is 10.1. The molecular formula is C20H22FN3O2. The SMILES string of the molecule is C#CCCN1CCN(c2c(C(=O)OCC)cnc3ccc(F)cc23)CC1. The second kappa shape index (κ2) is 8.15. The maximum absolute atomic E-state index is 13.9. The molecule has 2 aromatic rings. The Labute approximate surface area is 152 Å². The smallest absolute Gasteiger partial charge is 0.341 e. The van der Waals surface area contributed by atoms with Crippen molar-refractivity contribution in [2.24, 2.45) is 0 Å². The Hall–Kier alpha value is -2.65. The van der Waals surface area contributed by atoms with Crippen LogP contribution in [0.1, 0.15) is 23.7 Å². The molecule has 6 heteroatoms. The van der Waals surface area contributed by atoms with Crippen LogP contribution in [-0.2, 0) is 4.74 Å². The van der Waals surface area contributed by atoms with Crippen LogP contribution in [0.15, 0.2) is 24.4 Å². The van der Waals surface area contributed by atoms with Crippen LogP contribution in [0.2, 0.25) is 0 Å². The number of nitrogens with zero attached hydrogens (tertiary/aromatic N) is 3. The van der Waals surface area contributed by atoms with Crippen molar-refractivity contribution in [3.05, 3.63) is 35.8 Å². The van der Waals surface area contributed by atoms with Gasteiger partial charge >= 0.3 is 5.97 Å². The molecule has 0 amide bonds. The van der Waals surface area contributed by atoms with Gasteiger partial charge in [-0.3, -0.25) is 9.88 Å². The standard InChI is InChI=1S/C20H22FN3O2/c1-3-5-8-23-9-11-24(12-10-23)19-16-13-15(21)6-7-18(16)22-14-17(19)20(25)26-4-2/h1,6-7,13-14H,4-5,8-12H2,2H3. The van der Waals surface area contributed by atoms with Crippen molar-refractivity contribution in [1.29, 1.82) is 0 Å². The lowest BCUT2D eigenvalue weighted by molar-refractivity contribution is 0.0526. The topological polar surface area (TPSA) is 45.7 Å². The van der Waals surface area contributed by atoms with Crippen molar-refractivity contribution < 1.29 is 13.9 Å². The second-order valence-corrected chi connectivity index (χ2v) is 6.19. The number of anilines is 1. The number of halogens is 1. The molecule has 0 N–H and O–H groups in total. The van der Waals surface area contributed by atoms with E-state index in [4.69, 9.17) is 11.2 Å². The molecule has 0 radical (unpaired) electrons. The normalized spacial score (nSPS) is 15.0. The van der Waals surface area contributed by atoms with Crippen molar-refractivity contribution >= 4 is 22.6 Å². The summed E-state index contributed by atoms with van der Waals surface area (Å²) in [5.74, 6) is 1.87. The van der Waals surface area contributed by atoms with Crippen molar-refractivity contribution in [2.45, 2.75) is 13.3 Å². The highest BCUT2D eigenvalue weighted by Crippen LogP contribution is 2.31. The molecule has 1 fully saturated rings. The zero-order chi connectivity index (χ0) is 18.5. The van der Waals surface area contributed by atoms with Gasteiger partial charge in [-0.05, 0) is 25.1 Å². The number of terminal acetylenes is 1. The summed E-state index contributed by atoms with van der Waals surface area (Å²) in [6, 6.07) is 4.44. The molecule has 0 atom stereocenters. The van der Waals surface area contributed by atoms with Crippen LogP contribution in [0.4, 0.5) is 10.1 Å². The Morgan fingerprint density at radius 1 is 1.35 bits per heavy atom. The highest BCUT2D eigenvalue weighted by molar-refractivity contribution is 6.05. The van der Waals surface area contributed by atoms with Crippen LogP contribution in [0.3, 0.4) is 0 Å². The Morgan fingerprint density at radius 3 is 2.81 bits per heavy atom. The Kier molecular flexibility index (Phi) is 5.69. The summed E-state index contributed by atoms with van der Waals surface area (Å²) in [4.78, 5) is 21.1. The van der Waals surface area contributed by atoms with E-state index in [-0.39, 0.29) is 12.4 Å². The highest BCUT2D eigenvalue weighted by Gasteiger charge is 2.25. The van der Waals surface area contributed by atoms with E-state index < -0.39 is 5.97 Å². The number of fused-ring (bicyclic) bond motifs is 1. The molecule has 0 unspecified atom stereocenters. The fraction of sp³-hybridized carbons (Fsp3) is 0.400. The number of pyridine rings is 1. The van der Waals surface area contributed by atoms with Crippen LogP contribution >= 0.6 is 0 Å². The molecular weight excluding hydrogens is 333 g/mol. The number of carbonyl (C=O) groups excluding carboxylic acids is 1. The predicted octanol–water partition coefficient (Wildman–Crippen LogP) is 2.70. The summed E-state index contributed by atoms with van der Waals surface area (Å²) < 4.78 is 19.1. The molecule has 26 heavy (non-hydrogen) atoms. The van der Waals surface area contributed by atoms with E-state index >= 15 is 0 Å². The van der Waals surface area contributed by atoms with Gasteiger partial charge in [-0.15, -0.1) is 12.3 Å². The van der Waals surface area contributed by atoms with Gasteiger partial charge in [-0.1, -0.05) is 0 Å². The van der Waals surface area contributed by atoms with Crippen LogP contribution in [0.25, 0.3) is 10.9 Å². The van der Waals surface area contributed by atoms with Gasteiger partial charge in [0.15, 0.2) is 0 Å². The van der Waals surface area contributed by atoms with Crippen LogP contribution < -0.4 is 4.90 Å². The Morgan fingerprint density at radius 2 is 2.12 bits per heavy atom. The molecule has 5 nitrogen and oxygen atoms in total. The van der Waals surface area contributed by atoms with Gasteiger partial charge < -0.3 is 9.64 Å². The van der Waals surface area contributed by atoms with Gasteiger partial charge in [0.25, 0.3) is 0 Å². The third-order valence-corrected chi connectivity index (χ3v) is 4.56. The van der Waals surface area contributed by atoms with Gasteiger partial charge in [-0.25, -0.2) is 9.18 Å². The minimum absolute atomic E-state index is 0.277. The second-order valence-electron chi connectivity index (χ2n) is 6.19. The zero-order valence-electron chi connectivity index (χ0n) is 14.9. The molecule has 1 aromatic carbocycles. The van der Waals surface area contributed by atoms with Crippen LogP contribution in [0.5, 0.6) is 0 Å². The number of ether oxygens (including phenoxy) is 1. The summed E-state index contributed by atoms with van der Waals surface area (Å²) >= 11 is 0. The van der Waals surface area contributed by atoms with Crippen LogP contribution in [0, 0.1) is 18.2 Å². The maximum Gasteiger partial charge on any atom is 0.341 e. The lowest BCUT2D eigenvalue weighted by Crippen LogP contribution is -2.47. The monoisotopic (exact) mass is 355 g/mol. The van der Waals surface area contributed by atoms with Gasteiger partial charge in [-0.2, -0.15) is 0 Å². The molecule has 1 aliphatic heterocycles. The molecule has 0 saturated carbocycles. The quantitative estimate of drug-likeness (QED) is 0.610. The number of aromatic nitrogens is 1. The number of benzene rings is 1. The van der Waals surface area contributed by atoms with Gasteiger partial charge in [0, 0.05) is 50.7 Å². The summed E-state index contributed by atoms with van der Waals surface area (Å²) in [6.45, 7) is 6.03. The minimum Gasteiger partial charge on any atom is -0.462 e. The molecule has 1 aliphatic rings. The molecule has 0 bridgehead atoms. The maximum atomic E-state index is 13.9. The third kappa shape index (κ3) is 3.78. The van der Waals surface area contributed by atoms with Gasteiger partial charge in [0.1, 0.15) is 11.4 Å². The van der Waals surface area contributed by atoms with E-state index in [1.54, 1.807) is 13.0 Å². The van der Waals surface area contributed by atoms with Gasteiger partial charge in [0.2, 0.25) is 0 Å². The summed E-state index contributed by atoms with van der Waals surface area (Å²) in [5.41, 5.74) is 1.73. The first kappa shape index (κ1) is 18.2. The number of hydrogen-bond donors (Lipinski definition) is 0. The number of hydrogen-bond acceptors (Lipinski definition) is 5. The third-order valence-electron chi connectivity index (χ3n) is 4.56. The average Bonchev–Trinajstić information content (AvgIpc) is 2.66. The number of piperazine rings is 1. The zero-order valence-corrected chi connectivity index (χ0v) is 14.9. The van der Waals surface area contributed by atoms with Crippen molar-refractivity contribution in [1.82, 2.24) is 9.88 Å². The molecule has 3 rings (SSSR count). The lowest BCUT2D eigenvalue weighted by Gasteiger charge is -2.37. The minimum atomic E-state index is -0.434. The molecule has 0 aliphatic carbocycles. The summed E-state index contributed by atoms with van der Waals surface area (Å²) in [7, 11) is 0. The molecule has 1 saturated heterocycles. The predicted molar refractivity (Wildman–Crippen MR) is 99.8 cm³/mol. The summed E-state index contributed by atoms with van der Waals surface area (Å²) in [5, 5.41) is 0.632. The van der Waals surface area contributed by atoms with E-state index in [1.807, 2.05) is 0 Å². The Balaban J connectivity index is 1.97. The first-order chi connectivity index (χ1) is 12.6. The van der Waals surface area contributed by atoms with Crippen molar-refractivity contribution in [2.75, 3.05) is 44.2 Å². The Bertz CT molecular complexity index is 839. The molecule has 1 aromatic heterocycles. The number of rotatable bonds is 5. The van der Waals surface area contributed by atoms with E-state index in [2.05, 4.69) is 20.7 Å². The van der Waals surface area contributed by atoms with Crippen LogP contribution in [-0.4, -0.2) is 55.2 Å². The summed E-state index contributed by atoms with van der Waals surface area (Å²) in [6.07, 6.45) is 7.59. The van der Waals surface area contributed by atoms with E-state index in [0.29, 0.717) is 22.2 Å². The van der Waals surface area contributed by atoms with Crippen molar-refractivity contribution in [3.8, 4) is 12.3 Å². The number of esters is 1. The molecule has 136 valence electrons. The fourth-order valence-electron chi connectivity index (χ4n) is 3.27. The van der Waals surface area contributed by atoms with Crippen molar-refractivity contribution in [3.63, 3.8) is 0 Å². The average molecular weight is 355 g/mol. The number of carbonyl (C=O) groups is 1. The highest BCUT2D eigenvalue weighted by atomic mass is 19.1. The fourth-order valence-corrected chi connectivity index (χ4v) is 3.27.